The zero-order chi connectivity index (χ0) is 31.8. The number of sulfone groups is 1. The highest BCUT2D eigenvalue weighted by atomic mass is 32.2. The van der Waals surface area contributed by atoms with E-state index in [0.29, 0.717) is 18.3 Å². The number of pyridine rings is 2. The molecule has 1 atom stereocenters. The van der Waals surface area contributed by atoms with E-state index in [1.807, 2.05) is 0 Å². The fourth-order valence-electron chi connectivity index (χ4n) is 5.50. The molecule has 0 spiro atoms. The van der Waals surface area contributed by atoms with Crippen molar-refractivity contribution in [2.45, 2.75) is 74.1 Å². The molecule has 1 saturated heterocycles. The number of amides is 1. The molecule has 5 rings (SSSR count). The number of nitrogens with zero attached hydrogens (tertiary/aromatic N) is 4. The van der Waals surface area contributed by atoms with Gasteiger partial charge >= 0.3 is 6.18 Å². The number of nitrogens with one attached hydrogen (secondary N) is 2. The minimum atomic E-state index is -4.41. The van der Waals surface area contributed by atoms with E-state index < -0.39 is 32.4 Å². The van der Waals surface area contributed by atoms with E-state index in [-0.39, 0.29) is 53.7 Å². The third kappa shape index (κ3) is 6.98. The van der Waals surface area contributed by atoms with Crippen molar-refractivity contribution < 1.29 is 31.1 Å². The van der Waals surface area contributed by atoms with Gasteiger partial charge in [0.25, 0.3) is 5.91 Å². The molecule has 1 amide bonds. The second-order valence-electron chi connectivity index (χ2n) is 12.1. The summed E-state index contributed by atoms with van der Waals surface area (Å²) in [6.07, 6.45) is 0.110. The summed E-state index contributed by atoms with van der Waals surface area (Å²) >= 11 is 0. The molecule has 0 aromatic carbocycles. The first-order chi connectivity index (χ1) is 20.7. The van der Waals surface area contributed by atoms with E-state index >= 15 is 0 Å². The molecule has 44 heavy (non-hydrogen) atoms. The van der Waals surface area contributed by atoms with Crippen molar-refractivity contribution in [2.75, 3.05) is 25.0 Å². The van der Waals surface area contributed by atoms with Gasteiger partial charge in [0, 0.05) is 24.3 Å². The number of primary amides is 1. The standard InChI is InChI=1S/C29H36F3N7O4S/c1-27(2)17-19(18-35-27)5-4-14-34-21-6-3-7-24(36-21)44(41,42)26-20(25(33)40)8-9-22(37-26)39-15-10-23(38-39)43-16-13-28(11-12-28)29(30,31)32/h3,6-10,15,19,35H,4-5,11-14,16-18H2,1-2H3,(H2,33,40)(H,34,36). The molecule has 4 N–H and O–H groups in total. The second-order valence-corrected chi connectivity index (χ2v) is 13.9. The number of halogens is 3. The average Bonchev–Trinajstić information content (AvgIpc) is 3.49. The molecule has 4 heterocycles. The van der Waals surface area contributed by atoms with Crippen molar-refractivity contribution >= 4 is 21.6 Å². The first kappa shape index (κ1) is 31.7. The summed E-state index contributed by atoms with van der Waals surface area (Å²) in [5.74, 6) is 0.0150. The number of carbonyl (C=O) groups is 1. The minimum absolute atomic E-state index is 0.0243. The van der Waals surface area contributed by atoms with Crippen LogP contribution in [0.2, 0.25) is 0 Å². The molecule has 0 radical (unpaired) electrons. The average molecular weight is 636 g/mol. The van der Waals surface area contributed by atoms with Crippen LogP contribution in [0.5, 0.6) is 5.88 Å². The number of anilines is 1. The lowest BCUT2D eigenvalue weighted by molar-refractivity contribution is -0.190. The maximum Gasteiger partial charge on any atom is 0.394 e. The van der Waals surface area contributed by atoms with Crippen LogP contribution in [0, 0.1) is 11.3 Å². The molecule has 1 aliphatic carbocycles. The molecule has 0 bridgehead atoms. The third-order valence-electron chi connectivity index (χ3n) is 8.21. The highest BCUT2D eigenvalue weighted by Gasteiger charge is 2.62. The number of carbonyl (C=O) groups excluding carboxylic acids is 1. The maximum absolute atomic E-state index is 13.7. The molecule has 1 unspecified atom stereocenters. The Bertz CT molecular complexity index is 1620. The fourth-order valence-corrected chi connectivity index (χ4v) is 6.85. The van der Waals surface area contributed by atoms with Crippen molar-refractivity contribution in [3.63, 3.8) is 0 Å². The van der Waals surface area contributed by atoms with Crippen molar-refractivity contribution in [1.82, 2.24) is 25.1 Å². The van der Waals surface area contributed by atoms with Crippen molar-refractivity contribution in [2.24, 2.45) is 17.1 Å². The van der Waals surface area contributed by atoms with Gasteiger partial charge in [-0.2, -0.15) is 13.2 Å². The van der Waals surface area contributed by atoms with Gasteiger partial charge in [-0.1, -0.05) is 6.07 Å². The smallest absolute Gasteiger partial charge is 0.394 e. The van der Waals surface area contributed by atoms with Gasteiger partial charge in [-0.05, 0) is 89.1 Å². The fraction of sp³-hybridized carbons (Fsp3) is 0.517. The van der Waals surface area contributed by atoms with Gasteiger partial charge in [0.15, 0.2) is 15.9 Å². The van der Waals surface area contributed by atoms with E-state index in [2.05, 4.69) is 39.5 Å². The molecular formula is C29H36F3N7O4S. The van der Waals surface area contributed by atoms with E-state index in [0.717, 1.165) is 25.8 Å². The molecule has 3 aromatic heterocycles. The van der Waals surface area contributed by atoms with E-state index in [4.69, 9.17) is 10.5 Å². The topological polar surface area (TPSA) is 154 Å². The number of hydrogen-bond acceptors (Lipinski definition) is 9. The van der Waals surface area contributed by atoms with Crippen LogP contribution < -0.4 is 21.1 Å². The Kier molecular flexibility index (Phi) is 8.64. The van der Waals surface area contributed by atoms with Crippen LogP contribution in [-0.4, -0.2) is 65.5 Å². The molecule has 11 nitrogen and oxygen atoms in total. The number of ether oxygens (including phenoxy) is 1. The van der Waals surface area contributed by atoms with Gasteiger partial charge in [0.1, 0.15) is 5.82 Å². The molecule has 1 saturated carbocycles. The van der Waals surface area contributed by atoms with Crippen molar-refractivity contribution in [3.8, 4) is 11.7 Å². The van der Waals surface area contributed by atoms with Gasteiger partial charge in [-0.25, -0.2) is 23.1 Å². The normalized spacial score (nSPS) is 19.1. The lowest BCUT2D eigenvalue weighted by Crippen LogP contribution is -2.31. The Morgan fingerprint density at radius 3 is 2.61 bits per heavy atom. The number of rotatable bonds is 13. The zero-order valence-electron chi connectivity index (χ0n) is 24.5. The molecule has 2 aliphatic rings. The Labute approximate surface area is 253 Å². The van der Waals surface area contributed by atoms with Crippen LogP contribution in [0.3, 0.4) is 0 Å². The largest absolute Gasteiger partial charge is 0.477 e. The van der Waals surface area contributed by atoms with Crippen LogP contribution in [-0.2, 0) is 9.84 Å². The molecule has 1 aliphatic heterocycles. The van der Waals surface area contributed by atoms with Gasteiger partial charge in [-0.3, -0.25) is 4.79 Å². The van der Waals surface area contributed by atoms with Gasteiger partial charge in [-0.15, -0.1) is 5.10 Å². The van der Waals surface area contributed by atoms with E-state index in [9.17, 15) is 26.4 Å². The van der Waals surface area contributed by atoms with Crippen LogP contribution in [0.25, 0.3) is 5.82 Å². The lowest BCUT2D eigenvalue weighted by Gasteiger charge is -2.18. The summed E-state index contributed by atoms with van der Waals surface area (Å²) in [5, 5.41) is 9.92. The molecule has 3 aromatic rings. The summed E-state index contributed by atoms with van der Waals surface area (Å²) < 4.78 is 73.5. The van der Waals surface area contributed by atoms with E-state index in [1.54, 1.807) is 12.1 Å². The highest BCUT2D eigenvalue weighted by Crippen LogP contribution is 2.59. The lowest BCUT2D eigenvalue weighted by atomic mass is 9.94. The Balaban J connectivity index is 1.28. The van der Waals surface area contributed by atoms with Crippen LogP contribution >= 0.6 is 0 Å². The predicted octanol–water partition coefficient (Wildman–Crippen LogP) is 4.29. The molecule has 2 fully saturated rings. The number of aromatic nitrogens is 4. The van der Waals surface area contributed by atoms with Crippen molar-refractivity contribution in [3.05, 3.63) is 48.2 Å². The number of alkyl halides is 3. The third-order valence-corrected chi connectivity index (χ3v) is 9.81. The Morgan fingerprint density at radius 2 is 1.95 bits per heavy atom. The summed E-state index contributed by atoms with van der Waals surface area (Å²) in [7, 11) is -4.41. The summed E-state index contributed by atoms with van der Waals surface area (Å²) in [4.78, 5) is 20.6. The van der Waals surface area contributed by atoms with Crippen LogP contribution in [0.15, 0.2) is 52.6 Å². The number of hydrogen-bond donors (Lipinski definition) is 3. The Hall–Kier alpha value is -3.72. The van der Waals surface area contributed by atoms with Crippen LogP contribution in [0.4, 0.5) is 19.0 Å². The first-order valence-electron chi connectivity index (χ1n) is 14.5. The quantitative estimate of drug-likeness (QED) is 0.234. The van der Waals surface area contributed by atoms with Crippen molar-refractivity contribution in [1.29, 1.82) is 0 Å². The predicted molar refractivity (Wildman–Crippen MR) is 155 cm³/mol. The maximum atomic E-state index is 13.7. The summed E-state index contributed by atoms with van der Waals surface area (Å²) in [6.45, 7) is 5.77. The van der Waals surface area contributed by atoms with Crippen LogP contribution in [0.1, 0.15) is 62.7 Å². The second kappa shape index (κ2) is 12.0. The molecule has 15 heteroatoms. The van der Waals surface area contributed by atoms with E-state index in [1.165, 1.54) is 35.1 Å². The minimum Gasteiger partial charge on any atom is -0.477 e. The van der Waals surface area contributed by atoms with Gasteiger partial charge in [0.2, 0.25) is 15.7 Å². The zero-order valence-corrected chi connectivity index (χ0v) is 25.3. The van der Waals surface area contributed by atoms with Gasteiger partial charge in [0.05, 0.1) is 17.6 Å². The summed E-state index contributed by atoms with van der Waals surface area (Å²) in [5.41, 5.74) is 3.60. The van der Waals surface area contributed by atoms with Gasteiger partial charge < -0.3 is 21.1 Å². The number of nitrogens with two attached hydrogens (primary N) is 1. The Morgan fingerprint density at radius 1 is 1.18 bits per heavy atom. The highest BCUT2D eigenvalue weighted by molar-refractivity contribution is 7.91. The summed E-state index contributed by atoms with van der Waals surface area (Å²) in [6, 6.07) is 8.50. The molecule has 238 valence electrons. The SMILES string of the molecule is CC1(C)CC(CCCNc2cccc(S(=O)(=O)c3nc(-n4ccc(OCCC5(C(F)(F)F)CC5)n4)ccc3C(N)=O)n2)CN1. The monoisotopic (exact) mass is 635 g/mol. The molecular weight excluding hydrogens is 599 g/mol. The first-order valence-corrected chi connectivity index (χ1v) is 15.9.